The first-order chi connectivity index (χ1) is 7.93. The molecular formula is C14H15NO. The second-order valence-corrected chi connectivity index (χ2v) is 4.34. The van der Waals surface area contributed by atoms with E-state index < -0.39 is 0 Å². The summed E-state index contributed by atoms with van der Waals surface area (Å²) in [6.07, 6.45) is 2.35. The van der Waals surface area contributed by atoms with Gasteiger partial charge in [-0.15, -0.1) is 0 Å². The highest BCUT2D eigenvalue weighted by Crippen LogP contribution is 2.25. The summed E-state index contributed by atoms with van der Waals surface area (Å²) in [5, 5.41) is 1.21. The summed E-state index contributed by atoms with van der Waals surface area (Å²) in [4.78, 5) is 4.72. The largest absolute Gasteiger partial charge is 0.381 e. The lowest BCUT2D eigenvalue weighted by atomic mass is 9.97. The highest BCUT2D eigenvalue weighted by molar-refractivity contribution is 5.78. The zero-order valence-corrected chi connectivity index (χ0v) is 9.23. The topological polar surface area (TPSA) is 22.1 Å². The van der Waals surface area contributed by atoms with Crippen molar-refractivity contribution in [2.75, 3.05) is 13.2 Å². The van der Waals surface area contributed by atoms with Crippen LogP contribution >= 0.6 is 0 Å². The second-order valence-electron chi connectivity index (χ2n) is 4.34. The monoisotopic (exact) mass is 213 g/mol. The number of pyridine rings is 1. The highest BCUT2D eigenvalue weighted by atomic mass is 16.5. The Kier molecular flexibility index (Phi) is 2.58. The molecule has 0 unspecified atom stereocenters. The number of aromatic nitrogens is 1. The second kappa shape index (κ2) is 4.22. The summed E-state index contributed by atoms with van der Waals surface area (Å²) < 4.78 is 5.51. The van der Waals surface area contributed by atoms with Crippen LogP contribution in [-0.2, 0) is 4.74 Å². The van der Waals surface area contributed by atoms with Gasteiger partial charge in [-0.25, -0.2) is 0 Å². The van der Waals surface area contributed by atoms with E-state index in [0.717, 1.165) is 25.2 Å². The predicted octanol–water partition coefficient (Wildman–Crippen LogP) is 3.13. The third-order valence-corrected chi connectivity index (χ3v) is 3.20. The van der Waals surface area contributed by atoms with Gasteiger partial charge in [0, 0.05) is 23.6 Å². The molecule has 1 aromatic heterocycles. The minimum absolute atomic E-state index is 0.485. The average Bonchev–Trinajstić information content (AvgIpc) is 2.39. The Morgan fingerprint density at radius 2 is 2.06 bits per heavy atom. The molecule has 16 heavy (non-hydrogen) atoms. The Hall–Kier alpha value is -1.41. The summed E-state index contributed by atoms with van der Waals surface area (Å²) in [5.41, 5.74) is 2.27. The van der Waals surface area contributed by atoms with Gasteiger partial charge in [0.05, 0.1) is 12.1 Å². The Labute approximate surface area is 95.3 Å². The third-order valence-electron chi connectivity index (χ3n) is 3.20. The van der Waals surface area contributed by atoms with Gasteiger partial charge in [0.25, 0.3) is 0 Å². The number of fused-ring (bicyclic) bond motifs is 1. The maximum Gasteiger partial charge on any atom is 0.0705 e. The Balaban J connectivity index is 1.97. The van der Waals surface area contributed by atoms with E-state index in [1.807, 2.05) is 12.1 Å². The van der Waals surface area contributed by atoms with Gasteiger partial charge in [-0.1, -0.05) is 24.3 Å². The number of ether oxygens (including phenoxy) is 1. The van der Waals surface area contributed by atoms with E-state index in [1.54, 1.807) is 0 Å². The van der Waals surface area contributed by atoms with Crippen molar-refractivity contribution in [3.63, 3.8) is 0 Å². The minimum atomic E-state index is 0.485. The van der Waals surface area contributed by atoms with Gasteiger partial charge in [0.15, 0.2) is 0 Å². The Morgan fingerprint density at radius 3 is 2.94 bits per heavy atom. The number of hydrogen-bond donors (Lipinski definition) is 0. The average molecular weight is 213 g/mol. The van der Waals surface area contributed by atoms with Crippen molar-refractivity contribution in [2.24, 2.45) is 0 Å². The predicted molar refractivity (Wildman–Crippen MR) is 64.5 cm³/mol. The van der Waals surface area contributed by atoms with Gasteiger partial charge in [-0.2, -0.15) is 0 Å². The van der Waals surface area contributed by atoms with Crippen LogP contribution in [0.3, 0.4) is 0 Å². The van der Waals surface area contributed by atoms with Crippen LogP contribution in [0, 0.1) is 0 Å². The van der Waals surface area contributed by atoms with Crippen LogP contribution in [0.4, 0.5) is 0 Å². The summed E-state index contributed by atoms with van der Waals surface area (Å²) in [7, 11) is 0. The molecule has 0 amide bonds. The number of hydrogen-bond acceptors (Lipinski definition) is 2. The molecule has 1 fully saturated rings. The van der Waals surface area contributed by atoms with E-state index in [9.17, 15) is 0 Å². The molecule has 2 heterocycles. The lowest BCUT2D eigenvalue weighted by Crippen LogP contribution is -2.16. The maximum absolute atomic E-state index is 5.51. The van der Waals surface area contributed by atoms with Crippen LogP contribution in [0.15, 0.2) is 36.4 Å². The van der Waals surface area contributed by atoms with Crippen LogP contribution in [0.25, 0.3) is 10.9 Å². The van der Waals surface area contributed by atoms with Crippen LogP contribution in [0.2, 0.25) is 0 Å². The molecule has 2 nitrogen and oxygen atoms in total. The molecular weight excluding hydrogens is 198 g/mol. The van der Waals surface area contributed by atoms with E-state index in [-0.39, 0.29) is 0 Å². The fourth-order valence-electron chi connectivity index (χ4n) is 2.28. The Bertz CT molecular complexity index is 489. The normalized spacial score (nSPS) is 21.1. The van der Waals surface area contributed by atoms with E-state index in [4.69, 9.17) is 9.72 Å². The van der Waals surface area contributed by atoms with Crippen LogP contribution in [0.5, 0.6) is 0 Å². The zero-order chi connectivity index (χ0) is 10.8. The van der Waals surface area contributed by atoms with Gasteiger partial charge in [-0.3, -0.25) is 4.98 Å². The van der Waals surface area contributed by atoms with Crippen molar-refractivity contribution in [2.45, 2.75) is 18.8 Å². The molecule has 82 valence electrons. The molecule has 0 radical (unpaired) electrons. The van der Waals surface area contributed by atoms with Crippen molar-refractivity contribution in [1.29, 1.82) is 0 Å². The van der Waals surface area contributed by atoms with Crippen molar-refractivity contribution < 1.29 is 4.74 Å². The lowest BCUT2D eigenvalue weighted by molar-refractivity contribution is 0.0794. The minimum Gasteiger partial charge on any atom is -0.381 e. The van der Waals surface area contributed by atoms with Crippen LogP contribution < -0.4 is 0 Å². The highest BCUT2D eigenvalue weighted by Gasteiger charge is 2.17. The molecule has 3 rings (SSSR count). The third kappa shape index (κ3) is 1.81. The first-order valence-corrected chi connectivity index (χ1v) is 5.87. The van der Waals surface area contributed by atoms with Crippen molar-refractivity contribution >= 4 is 10.9 Å². The molecule has 2 aromatic rings. The molecule has 0 spiro atoms. The van der Waals surface area contributed by atoms with Crippen molar-refractivity contribution in [1.82, 2.24) is 4.98 Å². The number of nitrogens with zero attached hydrogens (tertiary/aromatic N) is 1. The molecule has 0 bridgehead atoms. The molecule has 1 saturated heterocycles. The smallest absolute Gasteiger partial charge is 0.0705 e. The molecule has 2 heteroatoms. The molecule has 1 aromatic carbocycles. The maximum atomic E-state index is 5.51. The Morgan fingerprint density at radius 1 is 1.12 bits per heavy atom. The van der Waals surface area contributed by atoms with E-state index >= 15 is 0 Å². The number of benzene rings is 1. The molecule has 0 aliphatic carbocycles. The van der Waals surface area contributed by atoms with Gasteiger partial charge >= 0.3 is 0 Å². The standard InChI is InChI=1S/C14H15NO/c1-2-6-13-11(4-1)7-8-14(15-13)12-5-3-9-16-10-12/h1-2,4,6-8,12H,3,5,9-10H2/t12-/m1/s1. The first kappa shape index (κ1) is 9.79. The van der Waals surface area contributed by atoms with Gasteiger partial charge in [-0.05, 0) is 25.0 Å². The van der Waals surface area contributed by atoms with Gasteiger partial charge in [0.2, 0.25) is 0 Å². The van der Waals surface area contributed by atoms with E-state index in [1.165, 1.54) is 17.5 Å². The number of rotatable bonds is 1. The van der Waals surface area contributed by atoms with Crippen molar-refractivity contribution in [3.8, 4) is 0 Å². The van der Waals surface area contributed by atoms with Crippen molar-refractivity contribution in [3.05, 3.63) is 42.1 Å². The SMILES string of the molecule is c1ccc2nc([C@@H]3CCCOC3)ccc2c1. The van der Waals surface area contributed by atoms with E-state index in [2.05, 4.69) is 24.3 Å². The summed E-state index contributed by atoms with van der Waals surface area (Å²) in [6.45, 7) is 1.73. The lowest BCUT2D eigenvalue weighted by Gasteiger charge is -2.21. The molecule has 0 saturated carbocycles. The zero-order valence-electron chi connectivity index (χ0n) is 9.23. The fourth-order valence-corrected chi connectivity index (χ4v) is 2.28. The van der Waals surface area contributed by atoms with E-state index in [0.29, 0.717) is 5.92 Å². The van der Waals surface area contributed by atoms with Gasteiger partial charge in [0.1, 0.15) is 0 Å². The van der Waals surface area contributed by atoms with Crippen LogP contribution in [0.1, 0.15) is 24.5 Å². The molecule has 1 aliphatic heterocycles. The molecule has 0 N–H and O–H groups in total. The quantitative estimate of drug-likeness (QED) is 0.726. The van der Waals surface area contributed by atoms with Gasteiger partial charge < -0.3 is 4.74 Å². The number of para-hydroxylation sites is 1. The summed E-state index contributed by atoms with van der Waals surface area (Å²) >= 11 is 0. The summed E-state index contributed by atoms with van der Waals surface area (Å²) in [6, 6.07) is 12.6. The first-order valence-electron chi connectivity index (χ1n) is 5.87. The summed E-state index contributed by atoms with van der Waals surface area (Å²) in [5.74, 6) is 0.485. The molecule has 1 aliphatic rings. The van der Waals surface area contributed by atoms with Crippen LogP contribution in [-0.4, -0.2) is 18.2 Å². The molecule has 1 atom stereocenters. The fraction of sp³-hybridized carbons (Fsp3) is 0.357.